The number of aliphatic hydroxyl groups is 1. The van der Waals surface area contributed by atoms with Gasteiger partial charge in [0.2, 0.25) is 0 Å². The van der Waals surface area contributed by atoms with Crippen molar-refractivity contribution in [1.29, 1.82) is 0 Å². The first-order valence-electron chi connectivity index (χ1n) is 18.4. The second-order valence-electron chi connectivity index (χ2n) is 15.1. The smallest absolute Gasteiger partial charge is 0.140 e. The van der Waals surface area contributed by atoms with E-state index in [1.54, 1.807) is 60.8 Å². The number of rotatable bonds is 6. The van der Waals surface area contributed by atoms with Crippen LogP contribution in [-0.4, -0.2) is 57.4 Å². The third-order valence-corrected chi connectivity index (χ3v) is 12.9. The number of thioether (sulfide) groups is 1. The number of carbonyl (C=O) groups is 2. The molecule has 4 aliphatic carbocycles. The van der Waals surface area contributed by atoms with Gasteiger partial charge in [0.25, 0.3) is 0 Å². The van der Waals surface area contributed by atoms with Gasteiger partial charge < -0.3 is 5.11 Å². The average molecular weight is 749 g/mol. The number of benzene rings is 2. The van der Waals surface area contributed by atoms with Crippen molar-refractivity contribution in [3.8, 4) is 11.4 Å². The third kappa shape index (κ3) is 6.49. The number of allylic oxidation sites excluding steroid dienone is 2. The Morgan fingerprint density at radius 1 is 0.759 bits per heavy atom. The third-order valence-electron chi connectivity index (χ3n) is 11.7. The van der Waals surface area contributed by atoms with Gasteiger partial charge in [0, 0.05) is 18.5 Å². The SMILES string of the molecule is CC(=O)[C@]12Cc3cnn(-c4ccc(F)cc4)c3C=C1CC[C@@H](O)C2.CC(=O)[C@]12Cc3cnn(-c4ccc(F)cc4)c3C=C1CC[C@H](Sc1ccn(C)n1)C2. The van der Waals surface area contributed by atoms with Gasteiger partial charge in [-0.3, -0.25) is 14.3 Å². The molecule has 3 aromatic heterocycles. The van der Waals surface area contributed by atoms with E-state index in [1.807, 2.05) is 40.9 Å². The Labute approximate surface area is 316 Å². The Morgan fingerprint density at radius 2 is 1.26 bits per heavy atom. The van der Waals surface area contributed by atoms with Gasteiger partial charge in [-0.1, -0.05) is 11.1 Å². The second kappa shape index (κ2) is 14.0. The van der Waals surface area contributed by atoms with Crippen LogP contribution in [0.1, 0.15) is 74.9 Å². The van der Waals surface area contributed by atoms with Crippen molar-refractivity contribution in [2.24, 2.45) is 17.9 Å². The molecule has 0 bridgehead atoms. The van der Waals surface area contributed by atoms with E-state index >= 15 is 0 Å². The van der Waals surface area contributed by atoms with Crippen LogP contribution in [0.5, 0.6) is 0 Å². The molecule has 0 unspecified atom stereocenters. The molecule has 1 N–H and O–H groups in total. The Kier molecular flexibility index (Phi) is 9.38. The lowest BCUT2D eigenvalue weighted by Gasteiger charge is -2.43. The van der Waals surface area contributed by atoms with Crippen molar-refractivity contribution in [2.75, 3.05) is 0 Å². The van der Waals surface area contributed by atoms with Crippen molar-refractivity contribution in [1.82, 2.24) is 29.3 Å². The highest BCUT2D eigenvalue weighted by molar-refractivity contribution is 7.99. The fourth-order valence-corrected chi connectivity index (χ4v) is 10.1. The summed E-state index contributed by atoms with van der Waals surface area (Å²) in [4.78, 5) is 25.3. The molecule has 2 aromatic carbocycles. The summed E-state index contributed by atoms with van der Waals surface area (Å²) >= 11 is 1.77. The lowest BCUT2D eigenvalue weighted by molar-refractivity contribution is -0.127. The zero-order chi connectivity index (χ0) is 37.8. The number of aromatic nitrogens is 6. The summed E-state index contributed by atoms with van der Waals surface area (Å²) in [6.07, 6.45) is 15.2. The van der Waals surface area contributed by atoms with Crippen molar-refractivity contribution < 1.29 is 23.5 Å². The summed E-state index contributed by atoms with van der Waals surface area (Å²) in [6, 6.07) is 14.6. The number of aliphatic hydroxyl groups excluding tert-OH is 1. The maximum Gasteiger partial charge on any atom is 0.140 e. The van der Waals surface area contributed by atoms with Crippen LogP contribution in [0.2, 0.25) is 0 Å². The lowest BCUT2D eigenvalue weighted by atomic mass is 9.62. The first-order valence-corrected chi connectivity index (χ1v) is 19.3. The Balaban J connectivity index is 0.000000157. The first kappa shape index (κ1) is 36.1. The topological polar surface area (TPSA) is 108 Å². The number of halogens is 2. The van der Waals surface area contributed by atoms with Gasteiger partial charge in [-0.25, -0.2) is 18.1 Å². The monoisotopic (exact) mass is 748 g/mol. The van der Waals surface area contributed by atoms with Crippen molar-refractivity contribution in [3.05, 3.63) is 118 Å². The fourth-order valence-electron chi connectivity index (χ4n) is 8.80. The normalized spacial score (nSPS) is 24.1. The maximum atomic E-state index is 13.3. The van der Waals surface area contributed by atoms with Crippen LogP contribution >= 0.6 is 11.8 Å². The molecule has 3 heterocycles. The van der Waals surface area contributed by atoms with Gasteiger partial charge in [-0.15, -0.1) is 11.8 Å². The molecule has 2 saturated carbocycles. The molecule has 278 valence electrons. The maximum absolute atomic E-state index is 13.3. The minimum absolute atomic E-state index is 0.104. The van der Waals surface area contributed by atoms with E-state index < -0.39 is 16.9 Å². The van der Waals surface area contributed by atoms with E-state index in [1.165, 1.54) is 29.8 Å². The molecule has 0 amide bonds. The van der Waals surface area contributed by atoms with Gasteiger partial charge in [0.05, 0.1) is 52.1 Å². The van der Waals surface area contributed by atoms with Crippen molar-refractivity contribution >= 4 is 35.5 Å². The summed E-state index contributed by atoms with van der Waals surface area (Å²) in [5.74, 6) is -0.222. The van der Waals surface area contributed by atoms with Gasteiger partial charge in [-0.2, -0.15) is 15.3 Å². The van der Waals surface area contributed by atoms with E-state index in [0.29, 0.717) is 30.9 Å². The predicted octanol–water partition coefficient (Wildman–Crippen LogP) is 7.68. The lowest BCUT2D eigenvalue weighted by Crippen LogP contribution is -2.42. The van der Waals surface area contributed by atoms with Crippen molar-refractivity contribution in [3.63, 3.8) is 0 Å². The molecule has 0 spiro atoms. The minimum Gasteiger partial charge on any atom is -0.393 e. The Hall–Kier alpha value is -4.94. The largest absolute Gasteiger partial charge is 0.393 e. The highest BCUT2D eigenvalue weighted by atomic mass is 32.2. The fraction of sp³-hybridized carbons (Fsp3) is 0.357. The molecular formula is C42H42F2N6O3S. The number of fused-ring (bicyclic) bond motifs is 4. The van der Waals surface area contributed by atoms with Crippen LogP contribution in [0, 0.1) is 22.5 Å². The van der Waals surface area contributed by atoms with E-state index in [9.17, 15) is 23.5 Å². The molecule has 9 rings (SSSR count). The van der Waals surface area contributed by atoms with Crippen LogP contribution in [0.25, 0.3) is 23.5 Å². The molecular weight excluding hydrogens is 707 g/mol. The van der Waals surface area contributed by atoms with Crippen LogP contribution < -0.4 is 0 Å². The summed E-state index contributed by atoms with van der Waals surface area (Å²) in [5, 5.41) is 24.9. The highest BCUT2D eigenvalue weighted by Crippen LogP contribution is 2.52. The number of nitrogens with zero attached hydrogens (tertiary/aromatic N) is 6. The quantitative estimate of drug-likeness (QED) is 0.190. The van der Waals surface area contributed by atoms with Gasteiger partial charge in [0.1, 0.15) is 28.2 Å². The molecule has 0 radical (unpaired) electrons. The number of hydrogen-bond donors (Lipinski definition) is 1. The first-order chi connectivity index (χ1) is 25.9. The van der Waals surface area contributed by atoms with Gasteiger partial charge in [0.15, 0.2) is 0 Å². The summed E-state index contributed by atoms with van der Waals surface area (Å²) in [6.45, 7) is 3.33. The Bertz CT molecular complexity index is 2310. The van der Waals surface area contributed by atoms with E-state index in [2.05, 4.69) is 21.4 Å². The van der Waals surface area contributed by atoms with Gasteiger partial charge in [-0.05, 0) is 143 Å². The molecule has 5 aromatic rings. The number of carbonyl (C=O) groups excluding carboxylic acids is 2. The molecule has 54 heavy (non-hydrogen) atoms. The standard InChI is InChI=1S/C23H23FN4OS.C19H19FN2O2/c1-15(29)23-12-16-14-25-28(19-6-4-18(24)5-7-19)21(16)11-17(23)3-8-20(13-23)30-22-9-10-27(2)26-22;1-12(23)19-9-13-11-21-22(16-5-3-15(20)4-6-16)18(13)8-14(19)2-7-17(24)10-19/h4-7,9-11,14,20H,3,8,12-13H2,1-2H3;3-6,8,11,17,24H,2,7,9-10H2,1H3/t20-,23+;17-,19-/m01/s1. The second-order valence-corrected chi connectivity index (χ2v) is 16.4. The summed E-state index contributed by atoms with van der Waals surface area (Å²) in [7, 11) is 1.92. The molecule has 9 nitrogen and oxygen atoms in total. The van der Waals surface area contributed by atoms with Crippen LogP contribution in [0.15, 0.2) is 89.4 Å². The van der Waals surface area contributed by atoms with Gasteiger partial charge >= 0.3 is 0 Å². The molecule has 4 aliphatic rings. The van der Waals surface area contributed by atoms with Crippen LogP contribution in [0.4, 0.5) is 8.78 Å². The molecule has 4 atom stereocenters. The molecule has 2 fully saturated rings. The summed E-state index contributed by atoms with van der Waals surface area (Å²) in [5.41, 5.74) is 6.85. The zero-order valence-electron chi connectivity index (χ0n) is 30.5. The average Bonchev–Trinajstić information content (AvgIpc) is 3.88. The van der Waals surface area contributed by atoms with Crippen molar-refractivity contribution in [2.45, 2.75) is 81.6 Å². The van der Waals surface area contributed by atoms with E-state index in [4.69, 9.17) is 0 Å². The van der Waals surface area contributed by atoms with E-state index in [-0.39, 0.29) is 23.2 Å². The molecule has 0 aliphatic heterocycles. The molecule has 0 saturated heterocycles. The van der Waals surface area contributed by atoms with Crippen LogP contribution in [-0.2, 0) is 29.5 Å². The number of hydrogen-bond acceptors (Lipinski definition) is 7. The molecule has 12 heteroatoms. The predicted molar refractivity (Wildman–Crippen MR) is 203 cm³/mol. The number of ketones is 2. The summed E-state index contributed by atoms with van der Waals surface area (Å²) < 4.78 is 31.9. The van der Waals surface area contributed by atoms with Crippen LogP contribution in [0.3, 0.4) is 0 Å². The number of aryl methyl sites for hydroxylation is 1. The Morgan fingerprint density at radius 3 is 1.74 bits per heavy atom. The zero-order valence-corrected chi connectivity index (χ0v) is 31.3. The highest BCUT2D eigenvalue weighted by Gasteiger charge is 2.48. The number of Topliss-reactive ketones (excluding diaryl/α,β-unsaturated/α-hetero) is 2. The van der Waals surface area contributed by atoms with E-state index in [0.717, 1.165) is 70.2 Å². The minimum atomic E-state index is -0.596.